The van der Waals surface area contributed by atoms with Crippen LogP contribution in [0, 0.1) is 9.49 Å². The molecule has 3 rings (SSSR count). The fourth-order valence-electron chi connectivity index (χ4n) is 2.76. The van der Waals surface area contributed by atoms with E-state index in [1.165, 1.54) is 0 Å². The maximum Gasteiger partial charge on any atom is 0.225 e. The van der Waals surface area contributed by atoms with E-state index in [1.54, 1.807) is 0 Å². The molecule has 0 aromatic carbocycles. The summed E-state index contributed by atoms with van der Waals surface area (Å²) in [6.45, 7) is 1.87. The lowest BCUT2D eigenvalue weighted by Gasteiger charge is -2.41. The summed E-state index contributed by atoms with van der Waals surface area (Å²) < 4.78 is 1.05. The number of rotatable bonds is 1. The van der Waals surface area contributed by atoms with Crippen LogP contribution in [0.4, 0.5) is 5.95 Å². The summed E-state index contributed by atoms with van der Waals surface area (Å²) in [4.78, 5) is 22.3. The molecule has 2 aliphatic heterocycles. The molecule has 0 radical (unpaired) electrons. The second-order valence-corrected chi connectivity index (χ2v) is 6.15. The van der Waals surface area contributed by atoms with Crippen molar-refractivity contribution in [2.24, 2.45) is 5.92 Å². The van der Waals surface area contributed by atoms with E-state index in [2.05, 4.69) is 42.8 Å². The third kappa shape index (κ3) is 2.43. The standard InChI is InChI=1S/C12H15IN4O/c13-9-5-14-12(15-6-9)17-4-3-10-8(7-17)1-2-11(18)16-10/h5-6,8,10H,1-4,7H2,(H,16,18). The second-order valence-electron chi connectivity index (χ2n) is 4.91. The monoisotopic (exact) mass is 358 g/mol. The van der Waals surface area contributed by atoms with Crippen molar-refractivity contribution < 1.29 is 4.79 Å². The summed E-state index contributed by atoms with van der Waals surface area (Å²) in [6.07, 6.45) is 6.32. The molecule has 18 heavy (non-hydrogen) atoms. The van der Waals surface area contributed by atoms with Crippen LogP contribution in [0.1, 0.15) is 19.3 Å². The van der Waals surface area contributed by atoms with Gasteiger partial charge in [-0.15, -0.1) is 0 Å². The minimum atomic E-state index is 0.204. The van der Waals surface area contributed by atoms with Crippen molar-refractivity contribution in [2.45, 2.75) is 25.3 Å². The average molecular weight is 358 g/mol. The van der Waals surface area contributed by atoms with Gasteiger partial charge >= 0.3 is 0 Å². The predicted molar refractivity (Wildman–Crippen MR) is 76.2 cm³/mol. The highest BCUT2D eigenvalue weighted by atomic mass is 127. The fourth-order valence-corrected chi connectivity index (χ4v) is 3.04. The van der Waals surface area contributed by atoms with Crippen molar-refractivity contribution >= 4 is 34.4 Å². The molecular weight excluding hydrogens is 343 g/mol. The van der Waals surface area contributed by atoms with Gasteiger partial charge in [-0.25, -0.2) is 9.97 Å². The van der Waals surface area contributed by atoms with Crippen LogP contribution >= 0.6 is 22.6 Å². The summed E-state index contributed by atoms with van der Waals surface area (Å²) in [5, 5.41) is 3.09. The van der Waals surface area contributed by atoms with Crippen LogP contribution in [0.25, 0.3) is 0 Å². The molecule has 2 atom stereocenters. The first-order chi connectivity index (χ1) is 8.72. The van der Waals surface area contributed by atoms with Crippen molar-refractivity contribution in [2.75, 3.05) is 18.0 Å². The minimum absolute atomic E-state index is 0.204. The lowest BCUT2D eigenvalue weighted by atomic mass is 9.85. The molecule has 0 bridgehead atoms. The van der Waals surface area contributed by atoms with E-state index in [1.807, 2.05) is 12.4 Å². The smallest absolute Gasteiger partial charge is 0.225 e. The number of nitrogens with zero attached hydrogens (tertiary/aromatic N) is 3. The van der Waals surface area contributed by atoms with Gasteiger partial charge < -0.3 is 10.2 Å². The Balaban J connectivity index is 1.70. The highest BCUT2D eigenvalue weighted by molar-refractivity contribution is 14.1. The number of nitrogens with one attached hydrogen (secondary N) is 1. The summed E-state index contributed by atoms with van der Waals surface area (Å²) >= 11 is 2.21. The largest absolute Gasteiger partial charge is 0.353 e. The molecule has 6 heteroatoms. The van der Waals surface area contributed by atoms with Gasteiger partial charge in [-0.2, -0.15) is 0 Å². The third-order valence-electron chi connectivity index (χ3n) is 3.71. The van der Waals surface area contributed by atoms with Crippen LogP contribution in [-0.4, -0.2) is 35.0 Å². The van der Waals surface area contributed by atoms with E-state index in [4.69, 9.17) is 0 Å². The van der Waals surface area contributed by atoms with Gasteiger partial charge in [0.2, 0.25) is 11.9 Å². The number of amides is 1. The van der Waals surface area contributed by atoms with E-state index < -0.39 is 0 Å². The third-order valence-corrected chi connectivity index (χ3v) is 4.27. The van der Waals surface area contributed by atoms with E-state index in [-0.39, 0.29) is 5.91 Å². The summed E-state index contributed by atoms with van der Waals surface area (Å²) in [5.74, 6) is 1.56. The first kappa shape index (κ1) is 12.1. The number of piperidine rings is 2. The van der Waals surface area contributed by atoms with Crippen LogP contribution in [-0.2, 0) is 4.79 Å². The lowest BCUT2D eigenvalue weighted by Crippen LogP contribution is -2.54. The molecule has 1 N–H and O–H groups in total. The highest BCUT2D eigenvalue weighted by Crippen LogP contribution is 2.27. The number of carbonyl (C=O) groups is 1. The van der Waals surface area contributed by atoms with Gasteiger partial charge in [-0.05, 0) is 41.4 Å². The zero-order chi connectivity index (χ0) is 12.5. The molecule has 1 amide bonds. The van der Waals surface area contributed by atoms with E-state index in [9.17, 15) is 4.79 Å². The first-order valence-corrected chi connectivity index (χ1v) is 7.32. The van der Waals surface area contributed by atoms with Crippen LogP contribution < -0.4 is 10.2 Å². The number of fused-ring (bicyclic) bond motifs is 1. The lowest BCUT2D eigenvalue weighted by molar-refractivity contribution is -0.124. The highest BCUT2D eigenvalue weighted by Gasteiger charge is 2.34. The van der Waals surface area contributed by atoms with Crippen molar-refractivity contribution in [3.05, 3.63) is 16.0 Å². The number of hydrogen-bond donors (Lipinski definition) is 1. The number of aromatic nitrogens is 2. The fraction of sp³-hybridized carbons (Fsp3) is 0.583. The Hall–Kier alpha value is -0.920. The predicted octanol–water partition coefficient (Wildman–Crippen LogP) is 1.19. The molecular formula is C12H15IN4O. The molecule has 2 saturated heterocycles. The average Bonchev–Trinajstić information content (AvgIpc) is 2.39. The Morgan fingerprint density at radius 3 is 2.89 bits per heavy atom. The van der Waals surface area contributed by atoms with Crippen molar-refractivity contribution in [1.82, 2.24) is 15.3 Å². The maximum absolute atomic E-state index is 11.4. The van der Waals surface area contributed by atoms with Gasteiger partial charge in [0.25, 0.3) is 0 Å². The van der Waals surface area contributed by atoms with Gasteiger partial charge in [-0.3, -0.25) is 4.79 Å². The van der Waals surface area contributed by atoms with E-state index in [0.717, 1.165) is 35.4 Å². The molecule has 1 aromatic heterocycles. The molecule has 2 aliphatic rings. The maximum atomic E-state index is 11.4. The van der Waals surface area contributed by atoms with Crippen LogP contribution in [0.5, 0.6) is 0 Å². The molecule has 1 aromatic rings. The van der Waals surface area contributed by atoms with Crippen molar-refractivity contribution in [3.63, 3.8) is 0 Å². The zero-order valence-corrected chi connectivity index (χ0v) is 12.1. The van der Waals surface area contributed by atoms with Gasteiger partial charge in [0.05, 0.1) is 0 Å². The molecule has 0 spiro atoms. The summed E-state index contributed by atoms with van der Waals surface area (Å²) in [6, 6.07) is 0.353. The van der Waals surface area contributed by atoms with Crippen LogP contribution in [0.15, 0.2) is 12.4 Å². The Labute approximate surface area is 120 Å². The van der Waals surface area contributed by atoms with Crippen molar-refractivity contribution in [1.29, 1.82) is 0 Å². The quantitative estimate of drug-likeness (QED) is 0.767. The molecule has 0 aliphatic carbocycles. The Morgan fingerprint density at radius 2 is 2.11 bits per heavy atom. The molecule has 0 saturated carbocycles. The Morgan fingerprint density at radius 1 is 1.33 bits per heavy atom. The van der Waals surface area contributed by atoms with Gasteiger partial charge in [0.15, 0.2) is 0 Å². The first-order valence-electron chi connectivity index (χ1n) is 6.24. The Bertz CT molecular complexity index is 450. The van der Waals surface area contributed by atoms with E-state index >= 15 is 0 Å². The molecule has 2 unspecified atom stereocenters. The number of carbonyl (C=O) groups excluding carboxylic acids is 1. The Kier molecular flexibility index (Phi) is 3.36. The summed E-state index contributed by atoms with van der Waals surface area (Å²) in [5.41, 5.74) is 0. The molecule has 3 heterocycles. The van der Waals surface area contributed by atoms with Gasteiger partial charge in [-0.1, -0.05) is 0 Å². The molecule has 5 nitrogen and oxygen atoms in total. The topological polar surface area (TPSA) is 58.1 Å². The van der Waals surface area contributed by atoms with Crippen molar-refractivity contribution in [3.8, 4) is 0 Å². The molecule has 2 fully saturated rings. The SMILES string of the molecule is O=C1CCC2CN(c3ncc(I)cn3)CCC2N1. The molecule has 96 valence electrons. The van der Waals surface area contributed by atoms with Crippen LogP contribution in [0.3, 0.4) is 0 Å². The van der Waals surface area contributed by atoms with E-state index in [0.29, 0.717) is 18.4 Å². The van der Waals surface area contributed by atoms with Gasteiger partial charge in [0.1, 0.15) is 0 Å². The normalized spacial score (nSPS) is 27.6. The number of hydrogen-bond acceptors (Lipinski definition) is 4. The number of anilines is 1. The summed E-state index contributed by atoms with van der Waals surface area (Å²) in [7, 11) is 0. The zero-order valence-electron chi connectivity index (χ0n) is 9.97. The minimum Gasteiger partial charge on any atom is -0.353 e. The van der Waals surface area contributed by atoms with Gasteiger partial charge in [0, 0.05) is 41.5 Å². The number of halogens is 1. The van der Waals surface area contributed by atoms with Crippen LogP contribution in [0.2, 0.25) is 0 Å². The second kappa shape index (κ2) is 4.99.